The third-order valence-electron chi connectivity index (χ3n) is 6.88. The van der Waals surface area contributed by atoms with Gasteiger partial charge in [0.2, 0.25) is 23.1 Å². The van der Waals surface area contributed by atoms with Gasteiger partial charge in [0, 0.05) is 34.4 Å². The highest BCUT2D eigenvalue weighted by Crippen LogP contribution is 2.27. The maximum Gasteiger partial charge on any atom is 0.508 e. The van der Waals surface area contributed by atoms with Crippen molar-refractivity contribution in [2.75, 3.05) is 26.4 Å². The van der Waals surface area contributed by atoms with Gasteiger partial charge >= 0.3 is 6.16 Å². The molecule has 0 N–H and O–H groups in total. The monoisotopic (exact) mass is 574 g/mol. The summed E-state index contributed by atoms with van der Waals surface area (Å²) in [5.41, 5.74) is 2.02. The number of allylic oxidation sites excluding steroid dienone is 2. The standard InChI is InChI=1S/C33H34O9/c34-27-21-29(23-13-5-7-15-25(23)31(27)36)39-17-9-1-3-11-19-41-33(38)42-20-12-4-2-10-18-40-30-22-28(35)32(37)26-16-8-6-14-24(26)30/h5-8,13-16,21-22H,1-4,9-12,17-20H2. The van der Waals surface area contributed by atoms with E-state index in [1.807, 2.05) is 0 Å². The fourth-order valence-electron chi connectivity index (χ4n) is 4.65. The molecule has 0 saturated heterocycles. The lowest BCUT2D eigenvalue weighted by Crippen LogP contribution is -2.19. The van der Waals surface area contributed by atoms with Gasteiger partial charge in [-0.1, -0.05) is 48.5 Å². The second-order valence-electron chi connectivity index (χ2n) is 9.97. The van der Waals surface area contributed by atoms with Crippen LogP contribution in [-0.4, -0.2) is 55.7 Å². The van der Waals surface area contributed by atoms with E-state index < -0.39 is 29.3 Å². The number of fused-ring (bicyclic) bond motifs is 2. The van der Waals surface area contributed by atoms with E-state index in [4.69, 9.17) is 18.9 Å². The summed E-state index contributed by atoms with van der Waals surface area (Å²) in [5.74, 6) is -1.32. The van der Waals surface area contributed by atoms with Crippen molar-refractivity contribution in [3.05, 3.63) is 82.9 Å². The molecule has 9 heteroatoms. The molecule has 0 atom stereocenters. The molecule has 0 unspecified atom stereocenters. The summed E-state index contributed by atoms with van der Waals surface area (Å²) in [6, 6.07) is 13.8. The Morgan fingerprint density at radius 1 is 0.476 bits per heavy atom. The highest BCUT2D eigenvalue weighted by Gasteiger charge is 2.27. The summed E-state index contributed by atoms with van der Waals surface area (Å²) >= 11 is 0. The van der Waals surface area contributed by atoms with Crippen molar-refractivity contribution in [3.8, 4) is 0 Å². The van der Waals surface area contributed by atoms with E-state index in [-0.39, 0.29) is 13.2 Å². The van der Waals surface area contributed by atoms with Crippen LogP contribution in [0.5, 0.6) is 0 Å². The van der Waals surface area contributed by atoms with E-state index in [1.54, 1.807) is 48.5 Å². The topological polar surface area (TPSA) is 122 Å². The molecule has 0 aliphatic heterocycles. The third kappa shape index (κ3) is 8.25. The van der Waals surface area contributed by atoms with Gasteiger partial charge in [0.15, 0.2) is 0 Å². The van der Waals surface area contributed by atoms with E-state index in [2.05, 4.69) is 0 Å². The van der Waals surface area contributed by atoms with Crippen LogP contribution in [0.25, 0.3) is 11.5 Å². The largest absolute Gasteiger partial charge is 0.508 e. The van der Waals surface area contributed by atoms with Crippen molar-refractivity contribution >= 4 is 40.8 Å². The lowest BCUT2D eigenvalue weighted by Gasteiger charge is -2.16. The van der Waals surface area contributed by atoms with Gasteiger partial charge < -0.3 is 18.9 Å². The van der Waals surface area contributed by atoms with Gasteiger partial charge in [-0.3, -0.25) is 19.2 Å². The molecule has 42 heavy (non-hydrogen) atoms. The first-order valence-corrected chi connectivity index (χ1v) is 14.3. The quantitative estimate of drug-likeness (QED) is 0.137. The number of ether oxygens (including phenoxy) is 4. The average Bonchev–Trinajstić information content (AvgIpc) is 3.00. The Balaban J connectivity index is 0.971. The van der Waals surface area contributed by atoms with Gasteiger partial charge in [0.1, 0.15) is 11.5 Å². The first-order valence-electron chi connectivity index (χ1n) is 14.3. The number of unbranched alkanes of at least 4 members (excludes halogenated alkanes) is 6. The van der Waals surface area contributed by atoms with Crippen molar-refractivity contribution in [2.45, 2.75) is 51.4 Å². The number of carbonyl (C=O) groups excluding carboxylic acids is 5. The zero-order valence-corrected chi connectivity index (χ0v) is 23.4. The molecular weight excluding hydrogens is 540 g/mol. The van der Waals surface area contributed by atoms with E-state index >= 15 is 0 Å². The SMILES string of the molecule is O=C(OCCCCCCOC1=CC(=O)C(=O)c2ccccc21)OCCCCCCOC1=CC(=O)C(=O)c2ccccc21. The number of ketones is 4. The van der Waals surface area contributed by atoms with Gasteiger partial charge in [-0.25, -0.2) is 4.79 Å². The van der Waals surface area contributed by atoms with Crippen molar-refractivity contribution in [2.24, 2.45) is 0 Å². The molecule has 0 aromatic heterocycles. The number of Topliss-reactive ketones (excluding diaryl/α,β-unsaturated/α-hetero) is 2. The van der Waals surface area contributed by atoms with E-state index in [0.717, 1.165) is 38.5 Å². The summed E-state index contributed by atoms with van der Waals surface area (Å²) in [4.78, 5) is 59.5. The Labute approximate surface area is 244 Å². The third-order valence-corrected chi connectivity index (χ3v) is 6.88. The molecule has 0 radical (unpaired) electrons. The molecule has 0 amide bonds. The predicted molar refractivity (Wildman–Crippen MR) is 154 cm³/mol. The van der Waals surface area contributed by atoms with Crippen LogP contribution >= 0.6 is 0 Å². The van der Waals surface area contributed by atoms with Crippen LogP contribution in [0.15, 0.2) is 60.7 Å². The van der Waals surface area contributed by atoms with Crippen LogP contribution < -0.4 is 0 Å². The number of rotatable bonds is 16. The number of benzene rings is 2. The predicted octanol–water partition coefficient (Wildman–Crippen LogP) is 5.91. The first kappa shape index (κ1) is 30.4. The molecule has 0 heterocycles. The van der Waals surface area contributed by atoms with E-state index in [1.165, 1.54) is 12.2 Å². The second-order valence-corrected chi connectivity index (χ2v) is 9.97. The van der Waals surface area contributed by atoms with Gasteiger partial charge in [-0.05, 0) is 51.4 Å². The maximum absolute atomic E-state index is 12.0. The molecule has 0 fully saturated rings. The van der Waals surface area contributed by atoms with Gasteiger partial charge in [0.05, 0.1) is 26.4 Å². The van der Waals surface area contributed by atoms with Crippen LogP contribution in [0.4, 0.5) is 4.79 Å². The fourth-order valence-corrected chi connectivity index (χ4v) is 4.65. The Morgan fingerprint density at radius 3 is 1.24 bits per heavy atom. The molecular formula is C33H34O9. The summed E-state index contributed by atoms with van der Waals surface area (Å²) in [6.07, 6.45) is 8.18. The molecule has 0 spiro atoms. The number of hydrogen-bond acceptors (Lipinski definition) is 9. The van der Waals surface area contributed by atoms with Crippen molar-refractivity contribution in [1.29, 1.82) is 0 Å². The summed E-state index contributed by atoms with van der Waals surface area (Å²) < 4.78 is 21.7. The van der Waals surface area contributed by atoms with E-state index in [9.17, 15) is 24.0 Å². The number of carbonyl (C=O) groups is 5. The Hall–Kier alpha value is -4.53. The maximum atomic E-state index is 12.0. The molecule has 2 aromatic carbocycles. The van der Waals surface area contributed by atoms with Crippen molar-refractivity contribution in [1.82, 2.24) is 0 Å². The van der Waals surface area contributed by atoms with Gasteiger partial charge in [-0.15, -0.1) is 0 Å². The summed E-state index contributed by atoms with van der Waals surface area (Å²) in [7, 11) is 0. The fraction of sp³-hybridized carbons (Fsp3) is 0.364. The minimum Gasteiger partial charge on any atom is -0.493 e. The molecule has 0 saturated carbocycles. The first-order chi connectivity index (χ1) is 20.5. The van der Waals surface area contributed by atoms with Crippen LogP contribution in [0, 0.1) is 0 Å². The Kier molecular flexibility index (Phi) is 11.2. The Bertz CT molecular complexity index is 1280. The lowest BCUT2D eigenvalue weighted by molar-refractivity contribution is -0.111. The van der Waals surface area contributed by atoms with E-state index in [0.29, 0.717) is 59.8 Å². The van der Waals surface area contributed by atoms with Crippen LogP contribution in [0.2, 0.25) is 0 Å². The minimum absolute atomic E-state index is 0.277. The summed E-state index contributed by atoms with van der Waals surface area (Å²) in [5, 5.41) is 0. The molecule has 2 aliphatic carbocycles. The summed E-state index contributed by atoms with van der Waals surface area (Å²) in [6.45, 7) is 1.39. The minimum atomic E-state index is -0.675. The van der Waals surface area contributed by atoms with Crippen LogP contribution in [0.1, 0.15) is 83.2 Å². The average molecular weight is 575 g/mol. The lowest BCUT2D eigenvalue weighted by atomic mass is 9.94. The second kappa shape index (κ2) is 15.5. The van der Waals surface area contributed by atoms with Crippen molar-refractivity contribution < 1.29 is 42.9 Å². The molecule has 2 aromatic rings. The van der Waals surface area contributed by atoms with Crippen molar-refractivity contribution in [3.63, 3.8) is 0 Å². The Morgan fingerprint density at radius 2 is 0.833 bits per heavy atom. The zero-order valence-electron chi connectivity index (χ0n) is 23.4. The smallest absolute Gasteiger partial charge is 0.493 e. The molecule has 4 rings (SSSR count). The van der Waals surface area contributed by atoms with Crippen LogP contribution in [-0.2, 0) is 28.5 Å². The molecule has 0 bridgehead atoms. The highest BCUT2D eigenvalue weighted by atomic mass is 16.7. The van der Waals surface area contributed by atoms with Gasteiger partial charge in [-0.2, -0.15) is 0 Å². The van der Waals surface area contributed by atoms with Gasteiger partial charge in [0.25, 0.3) is 0 Å². The molecule has 2 aliphatic rings. The molecule has 220 valence electrons. The molecule has 9 nitrogen and oxygen atoms in total. The zero-order chi connectivity index (χ0) is 29.7. The van der Waals surface area contributed by atoms with Crippen LogP contribution in [0.3, 0.4) is 0 Å². The highest BCUT2D eigenvalue weighted by molar-refractivity contribution is 6.51. The normalized spacial score (nSPS) is 14.0. The number of hydrogen-bond donors (Lipinski definition) is 0.